The lowest BCUT2D eigenvalue weighted by atomic mass is 9.72. The smallest absolute Gasteiger partial charge is 0.255 e. The van der Waals surface area contributed by atoms with Crippen molar-refractivity contribution in [2.24, 2.45) is 11.8 Å². The highest BCUT2D eigenvalue weighted by Crippen LogP contribution is 2.56. The Balaban J connectivity index is 0.885. The van der Waals surface area contributed by atoms with Crippen LogP contribution in [0.1, 0.15) is 78.3 Å². The van der Waals surface area contributed by atoms with E-state index in [-0.39, 0.29) is 45.5 Å². The molecule has 5 heterocycles. The second-order valence-corrected chi connectivity index (χ2v) is 21.0. The minimum Gasteiger partial charge on any atom is -0.354 e. The molecule has 0 saturated heterocycles. The van der Waals surface area contributed by atoms with E-state index in [1.54, 1.807) is 0 Å². The largest absolute Gasteiger partial charge is 0.354 e. The quantitative estimate of drug-likeness (QED) is 0.114. The van der Waals surface area contributed by atoms with Crippen LogP contribution in [0, 0.1) is 25.7 Å². The first-order chi connectivity index (χ1) is 38.8. The van der Waals surface area contributed by atoms with E-state index in [0.29, 0.717) is 40.2 Å². The Labute approximate surface area is 458 Å². The molecule has 0 saturated carbocycles. The van der Waals surface area contributed by atoms with Crippen LogP contribution in [0.2, 0.25) is 0 Å². The summed E-state index contributed by atoms with van der Waals surface area (Å²) in [5, 5.41) is 5.88. The van der Waals surface area contributed by atoms with Crippen molar-refractivity contribution >= 4 is 92.7 Å². The molecule has 6 aliphatic rings. The molecule has 2 aliphatic heterocycles. The van der Waals surface area contributed by atoms with Gasteiger partial charge in [0.2, 0.25) is 5.91 Å². The molecular weight excluding hydrogens is 997 g/mol. The summed E-state index contributed by atoms with van der Waals surface area (Å²) in [4.78, 5) is 98.6. The molecule has 0 spiro atoms. The maximum absolute atomic E-state index is 14.2. The number of fused-ring (bicyclic) bond motifs is 15. The number of benzene rings is 5. The fourth-order valence-electron chi connectivity index (χ4n) is 12.3. The van der Waals surface area contributed by atoms with Crippen LogP contribution in [0.25, 0.3) is 90.9 Å². The molecule has 384 valence electrons. The summed E-state index contributed by atoms with van der Waals surface area (Å²) in [7, 11) is 0. The Hall–Kier alpha value is -10.5. The van der Waals surface area contributed by atoms with Crippen molar-refractivity contribution in [3.8, 4) is 44.5 Å². The van der Waals surface area contributed by atoms with Crippen molar-refractivity contribution in [1.29, 1.82) is 0 Å². The monoisotopic (exact) mass is 1040 g/mol. The number of carbonyl (C=O) groups excluding carboxylic acids is 6. The molecule has 12 heteroatoms. The molecule has 8 aromatic rings. The highest BCUT2D eigenvalue weighted by Gasteiger charge is 2.55. The molecular formula is C68H46N6O6. The lowest BCUT2D eigenvalue weighted by Gasteiger charge is -2.27. The maximum Gasteiger partial charge on any atom is 0.255 e. The van der Waals surface area contributed by atoms with Gasteiger partial charge in [-0.1, -0.05) is 83.9 Å². The van der Waals surface area contributed by atoms with E-state index in [9.17, 15) is 28.8 Å². The third-order valence-corrected chi connectivity index (χ3v) is 16.0. The number of anilines is 2. The van der Waals surface area contributed by atoms with Crippen LogP contribution < -0.4 is 10.6 Å². The van der Waals surface area contributed by atoms with Crippen LogP contribution >= 0.6 is 0 Å². The fraction of sp³-hybridized carbons (Fsp3) is 0.0882. The molecule has 10 bridgehead atoms. The van der Waals surface area contributed by atoms with E-state index < -0.39 is 23.5 Å². The summed E-state index contributed by atoms with van der Waals surface area (Å²) in [5.41, 5.74) is 18.5. The predicted octanol–water partition coefficient (Wildman–Crippen LogP) is 13.5. The second kappa shape index (κ2) is 18.3. The number of allylic oxidation sites excluding steroid dienone is 6. The Bertz CT molecular complexity index is 4460. The zero-order chi connectivity index (χ0) is 54.7. The number of amides is 2. The van der Waals surface area contributed by atoms with E-state index in [1.165, 1.54) is 37.3 Å². The summed E-state index contributed by atoms with van der Waals surface area (Å²) in [6.07, 6.45) is 11.0. The van der Waals surface area contributed by atoms with Gasteiger partial charge < -0.3 is 20.6 Å². The van der Waals surface area contributed by atoms with Crippen molar-refractivity contribution in [2.75, 3.05) is 10.6 Å². The van der Waals surface area contributed by atoms with Crippen LogP contribution in [-0.2, 0) is 14.4 Å². The molecule has 2 amide bonds. The third kappa shape index (κ3) is 7.82. The van der Waals surface area contributed by atoms with Gasteiger partial charge in [-0.2, -0.15) is 0 Å². The summed E-state index contributed by atoms with van der Waals surface area (Å²) < 4.78 is 0. The predicted molar refractivity (Wildman–Crippen MR) is 312 cm³/mol. The Morgan fingerprint density at radius 2 is 0.812 bits per heavy atom. The number of ketones is 4. The second-order valence-electron chi connectivity index (χ2n) is 21.0. The average Bonchev–Trinajstić information content (AvgIpc) is 4.53. The van der Waals surface area contributed by atoms with Gasteiger partial charge in [-0.05, 0) is 146 Å². The normalized spacial score (nSPS) is 16.6. The first-order valence-corrected chi connectivity index (χ1v) is 26.4. The number of rotatable bonds is 7. The van der Waals surface area contributed by atoms with Gasteiger partial charge >= 0.3 is 0 Å². The van der Waals surface area contributed by atoms with Crippen LogP contribution in [0.5, 0.6) is 0 Å². The van der Waals surface area contributed by atoms with Crippen molar-refractivity contribution < 1.29 is 28.8 Å². The molecule has 2 unspecified atom stereocenters. The Morgan fingerprint density at radius 3 is 1.21 bits per heavy atom. The highest BCUT2D eigenvalue weighted by molar-refractivity contribution is 6.32. The molecule has 0 radical (unpaired) electrons. The van der Waals surface area contributed by atoms with Gasteiger partial charge in [0.25, 0.3) is 5.91 Å². The van der Waals surface area contributed by atoms with E-state index in [2.05, 4.69) is 107 Å². The minimum atomic E-state index is -0.631. The first kappa shape index (κ1) is 48.0. The molecule has 3 aromatic heterocycles. The van der Waals surface area contributed by atoms with E-state index in [4.69, 9.17) is 9.97 Å². The molecule has 2 atom stereocenters. The van der Waals surface area contributed by atoms with E-state index >= 15 is 0 Å². The number of Topliss-reactive ketones (excluding diaryl/α,β-unsaturated/α-hetero) is 2. The number of nitrogens with zero attached hydrogens (tertiary/aromatic N) is 2. The number of carbonyl (C=O) groups is 6. The number of aromatic nitrogens is 4. The zero-order valence-corrected chi connectivity index (χ0v) is 43.4. The molecule has 4 aliphatic carbocycles. The lowest BCUT2D eigenvalue weighted by Crippen LogP contribution is -2.31. The van der Waals surface area contributed by atoms with Gasteiger partial charge in [-0.15, -0.1) is 0 Å². The SMILES string of the molecule is CC(=O)Nc1ccc(-c2c3nc(c(-c4ccc(C)cc4)c4ccc([nH]4)c(-c4ccc(NC(=O)c5ccc6c(c5)C(=O)C5=C(C6=O)C6CC5C5=C6C(=O)C=CC5=O)cc4)c4nc(c(-c5ccc(C)cc5)c5ccc2[nH]5)C=C4)C=C3)cc1. The van der Waals surface area contributed by atoms with Gasteiger partial charge in [-0.3, -0.25) is 28.8 Å². The molecule has 5 aromatic carbocycles. The molecule has 12 nitrogen and oxygen atoms in total. The summed E-state index contributed by atoms with van der Waals surface area (Å²) in [6.45, 7) is 5.61. The third-order valence-electron chi connectivity index (χ3n) is 16.0. The first-order valence-electron chi connectivity index (χ1n) is 26.4. The standard InChI is InChI=1S/C68H46N6O6/c1-34-4-8-37(9-5-34)58-48-22-26-52(71-48)60(39-12-17-42(18-13-39)69-36(3)75)53-27-23-49(72-53)59(38-10-6-35(2)7-11-38)51-25-29-55(74-51)61(54-28-24-50(58)73-54)40-14-19-43(20-15-40)70-68(80)41-16-21-44-45(32-41)67(79)65-47-33-46(64(65)66(44)78)62-56(76)30-31-57(77)63(47)62/h4-32,46-47,71,74H,33H2,1-3H3,(H,69,75)(H,70,80). The van der Waals surface area contributed by atoms with Crippen molar-refractivity contribution in [2.45, 2.75) is 27.2 Å². The van der Waals surface area contributed by atoms with Crippen LogP contribution in [0.4, 0.5) is 11.4 Å². The molecule has 0 fully saturated rings. The number of hydrogen-bond donors (Lipinski definition) is 4. The zero-order valence-electron chi connectivity index (χ0n) is 43.4. The number of H-pyrrole nitrogens is 2. The minimum absolute atomic E-state index is 0.103. The topological polar surface area (TPSA) is 184 Å². The highest BCUT2D eigenvalue weighted by atomic mass is 16.2. The lowest BCUT2D eigenvalue weighted by molar-refractivity contribution is -0.115. The Kier molecular flexibility index (Phi) is 11.0. The van der Waals surface area contributed by atoms with Crippen molar-refractivity contribution in [3.63, 3.8) is 0 Å². The van der Waals surface area contributed by atoms with Gasteiger partial charge in [0.05, 0.1) is 22.8 Å². The number of hydrogen-bond acceptors (Lipinski definition) is 8. The van der Waals surface area contributed by atoms with Crippen molar-refractivity contribution in [3.05, 3.63) is 225 Å². The Morgan fingerprint density at radius 1 is 0.438 bits per heavy atom. The van der Waals surface area contributed by atoms with Gasteiger partial charge in [-0.25, -0.2) is 9.97 Å². The van der Waals surface area contributed by atoms with Crippen molar-refractivity contribution in [1.82, 2.24) is 19.9 Å². The molecule has 4 N–H and O–H groups in total. The van der Waals surface area contributed by atoms with Gasteiger partial charge in [0, 0.05) is 113 Å². The number of aryl methyl sites for hydroxylation is 2. The summed E-state index contributed by atoms with van der Waals surface area (Å²) in [5.74, 6) is -3.22. The molecule has 80 heavy (non-hydrogen) atoms. The number of nitrogens with one attached hydrogen (secondary N) is 4. The van der Waals surface area contributed by atoms with Gasteiger partial charge in [0.15, 0.2) is 23.1 Å². The molecule has 14 rings (SSSR count). The van der Waals surface area contributed by atoms with E-state index in [0.717, 1.165) is 94.8 Å². The van der Waals surface area contributed by atoms with Gasteiger partial charge in [0.1, 0.15) is 0 Å². The maximum atomic E-state index is 14.2. The number of aromatic amines is 2. The summed E-state index contributed by atoms with van der Waals surface area (Å²) >= 11 is 0. The van der Waals surface area contributed by atoms with Crippen LogP contribution in [-0.4, -0.2) is 54.9 Å². The summed E-state index contributed by atoms with van der Waals surface area (Å²) in [6, 6.07) is 44.8. The van der Waals surface area contributed by atoms with Crippen LogP contribution in [0.15, 0.2) is 174 Å². The average molecular weight is 1040 g/mol. The van der Waals surface area contributed by atoms with E-state index in [1.807, 2.05) is 72.8 Å². The van der Waals surface area contributed by atoms with Crippen LogP contribution in [0.3, 0.4) is 0 Å². The fourth-order valence-corrected chi connectivity index (χ4v) is 12.3.